The van der Waals surface area contributed by atoms with E-state index in [1.54, 1.807) is 6.07 Å². The zero-order valence-corrected chi connectivity index (χ0v) is 12.3. The summed E-state index contributed by atoms with van der Waals surface area (Å²) in [6.45, 7) is 1.89. The highest BCUT2D eigenvalue weighted by molar-refractivity contribution is 9.10. The highest BCUT2D eigenvalue weighted by Gasteiger charge is 2.10. The van der Waals surface area contributed by atoms with Crippen LogP contribution in [0.5, 0.6) is 0 Å². The molecule has 1 N–H and O–H groups in total. The van der Waals surface area contributed by atoms with Crippen LogP contribution in [0.4, 0.5) is 10.1 Å². The smallest absolute Gasteiger partial charge is 0.255 e. The van der Waals surface area contributed by atoms with Crippen molar-refractivity contribution in [2.75, 3.05) is 5.32 Å². The van der Waals surface area contributed by atoms with Gasteiger partial charge >= 0.3 is 0 Å². The molecule has 0 spiro atoms. The summed E-state index contributed by atoms with van der Waals surface area (Å²) < 4.78 is 14.0. The number of hydrogen-bond acceptors (Lipinski definition) is 1. The van der Waals surface area contributed by atoms with Crippen LogP contribution in [0, 0.1) is 12.7 Å². The van der Waals surface area contributed by atoms with E-state index < -0.39 is 5.82 Å². The van der Waals surface area contributed by atoms with Crippen LogP contribution in [-0.2, 0) is 0 Å². The van der Waals surface area contributed by atoms with E-state index in [2.05, 4.69) is 21.2 Å². The topological polar surface area (TPSA) is 29.1 Å². The van der Waals surface area contributed by atoms with Crippen molar-refractivity contribution in [2.24, 2.45) is 0 Å². The molecular weight excluding hydrogens is 333 g/mol. The third-order valence-corrected chi connectivity index (χ3v) is 3.40. The first-order chi connectivity index (χ1) is 8.97. The number of amides is 1. The Hall–Kier alpha value is -1.39. The number of aryl methyl sites for hydroxylation is 1. The van der Waals surface area contributed by atoms with E-state index in [4.69, 9.17) is 11.6 Å². The van der Waals surface area contributed by atoms with Gasteiger partial charge in [0.2, 0.25) is 0 Å². The van der Waals surface area contributed by atoms with Gasteiger partial charge in [-0.3, -0.25) is 4.79 Å². The largest absolute Gasteiger partial charge is 0.322 e. The van der Waals surface area contributed by atoms with Crippen LogP contribution in [0.15, 0.2) is 40.9 Å². The summed E-state index contributed by atoms with van der Waals surface area (Å²) in [4.78, 5) is 12.0. The first kappa shape index (κ1) is 14.0. The van der Waals surface area contributed by atoms with Gasteiger partial charge in [-0.05, 0) is 48.9 Å². The maximum absolute atomic E-state index is 13.0. The number of halogens is 3. The van der Waals surface area contributed by atoms with Crippen molar-refractivity contribution in [2.45, 2.75) is 6.92 Å². The maximum atomic E-state index is 13.0. The zero-order chi connectivity index (χ0) is 14.0. The van der Waals surface area contributed by atoms with Crippen LogP contribution in [-0.4, -0.2) is 5.91 Å². The van der Waals surface area contributed by atoms with Crippen molar-refractivity contribution >= 4 is 39.1 Å². The monoisotopic (exact) mass is 341 g/mol. The standard InChI is InChI=1S/C14H10BrClFNO/c1-8-6-10(15)3-5-13(8)18-14(19)9-2-4-12(17)11(16)7-9/h2-7H,1H3,(H,18,19). The van der Waals surface area contributed by atoms with E-state index in [-0.39, 0.29) is 10.9 Å². The first-order valence-electron chi connectivity index (χ1n) is 5.50. The lowest BCUT2D eigenvalue weighted by atomic mass is 10.1. The van der Waals surface area contributed by atoms with Gasteiger partial charge in [-0.1, -0.05) is 27.5 Å². The van der Waals surface area contributed by atoms with Crippen LogP contribution in [0.1, 0.15) is 15.9 Å². The van der Waals surface area contributed by atoms with Crippen LogP contribution < -0.4 is 5.32 Å². The Morgan fingerprint density at radius 1 is 1.26 bits per heavy atom. The Balaban J connectivity index is 2.23. The summed E-state index contributed by atoms with van der Waals surface area (Å²) in [5.74, 6) is -0.870. The lowest BCUT2D eigenvalue weighted by Crippen LogP contribution is -2.12. The molecule has 0 aliphatic heterocycles. The minimum Gasteiger partial charge on any atom is -0.322 e. The molecule has 0 radical (unpaired) electrons. The van der Waals surface area contributed by atoms with Crippen molar-refractivity contribution in [3.05, 3.63) is 62.8 Å². The molecule has 0 saturated carbocycles. The number of nitrogens with one attached hydrogen (secondary N) is 1. The number of rotatable bonds is 2. The average molecular weight is 343 g/mol. The van der Waals surface area contributed by atoms with E-state index in [0.29, 0.717) is 11.3 Å². The molecular formula is C14H10BrClFNO. The molecule has 0 aliphatic carbocycles. The normalized spacial score (nSPS) is 10.3. The summed E-state index contributed by atoms with van der Waals surface area (Å²) in [5, 5.41) is 2.69. The second-order valence-corrected chi connectivity index (χ2v) is 5.37. The molecule has 5 heteroatoms. The maximum Gasteiger partial charge on any atom is 0.255 e. The molecule has 2 rings (SSSR count). The van der Waals surface area contributed by atoms with E-state index in [1.807, 2.05) is 19.1 Å². The second-order valence-electron chi connectivity index (χ2n) is 4.04. The molecule has 0 unspecified atom stereocenters. The second kappa shape index (κ2) is 5.72. The van der Waals surface area contributed by atoms with Crippen molar-refractivity contribution in [3.63, 3.8) is 0 Å². The van der Waals surface area contributed by atoms with Crippen molar-refractivity contribution in [1.29, 1.82) is 0 Å². The van der Waals surface area contributed by atoms with Crippen LogP contribution >= 0.6 is 27.5 Å². The van der Waals surface area contributed by atoms with Gasteiger partial charge in [-0.2, -0.15) is 0 Å². The van der Waals surface area contributed by atoms with Crippen molar-refractivity contribution in [1.82, 2.24) is 0 Å². The predicted octanol–water partition coefficient (Wildman–Crippen LogP) is 4.80. The first-order valence-corrected chi connectivity index (χ1v) is 6.67. The predicted molar refractivity (Wildman–Crippen MR) is 78.2 cm³/mol. The quantitative estimate of drug-likeness (QED) is 0.834. The zero-order valence-electron chi connectivity index (χ0n) is 10.0. The average Bonchev–Trinajstić information content (AvgIpc) is 2.36. The molecule has 0 heterocycles. The molecule has 0 saturated heterocycles. The van der Waals surface area contributed by atoms with E-state index in [9.17, 15) is 9.18 Å². The Morgan fingerprint density at radius 3 is 2.63 bits per heavy atom. The number of hydrogen-bond donors (Lipinski definition) is 1. The number of carbonyl (C=O) groups excluding carboxylic acids is 1. The van der Waals surface area contributed by atoms with Crippen LogP contribution in [0.2, 0.25) is 5.02 Å². The highest BCUT2D eigenvalue weighted by atomic mass is 79.9. The SMILES string of the molecule is Cc1cc(Br)ccc1NC(=O)c1ccc(F)c(Cl)c1. The minimum absolute atomic E-state index is 0.0693. The third kappa shape index (κ3) is 3.33. The number of benzene rings is 2. The summed E-state index contributed by atoms with van der Waals surface area (Å²) in [7, 11) is 0. The number of anilines is 1. The lowest BCUT2D eigenvalue weighted by Gasteiger charge is -2.09. The van der Waals surface area contributed by atoms with E-state index in [0.717, 1.165) is 10.0 Å². The fourth-order valence-corrected chi connectivity index (χ4v) is 2.26. The summed E-state index contributed by atoms with van der Waals surface area (Å²) in [6, 6.07) is 9.40. The van der Waals surface area contributed by atoms with E-state index in [1.165, 1.54) is 18.2 Å². The molecule has 2 nitrogen and oxygen atoms in total. The van der Waals surface area contributed by atoms with Crippen molar-refractivity contribution < 1.29 is 9.18 Å². The summed E-state index contributed by atoms with van der Waals surface area (Å²) in [5.41, 5.74) is 1.94. The van der Waals surface area contributed by atoms with Gasteiger partial charge in [-0.25, -0.2) is 4.39 Å². The van der Waals surface area contributed by atoms with Gasteiger partial charge in [0.25, 0.3) is 5.91 Å². The van der Waals surface area contributed by atoms with Gasteiger partial charge in [0, 0.05) is 15.7 Å². The Bertz CT molecular complexity index is 645. The molecule has 0 fully saturated rings. The van der Waals surface area contributed by atoms with Gasteiger partial charge in [0.15, 0.2) is 0 Å². The molecule has 0 aliphatic rings. The molecule has 2 aromatic carbocycles. The van der Waals surface area contributed by atoms with Gasteiger partial charge in [0.05, 0.1) is 5.02 Å². The minimum atomic E-state index is -0.543. The van der Waals surface area contributed by atoms with Crippen LogP contribution in [0.25, 0.3) is 0 Å². The highest BCUT2D eigenvalue weighted by Crippen LogP contribution is 2.22. The molecule has 98 valence electrons. The molecule has 2 aromatic rings. The molecule has 19 heavy (non-hydrogen) atoms. The molecule has 0 bridgehead atoms. The fourth-order valence-electron chi connectivity index (χ4n) is 1.60. The van der Waals surface area contributed by atoms with Gasteiger partial charge in [-0.15, -0.1) is 0 Å². The lowest BCUT2D eigenvalue weighted by molar-refractivity contribution is 0.102. The van der Waals surface area contributed by atoms with Crippen molar-refractivity contribution in [3.8, 4) is 0 Å². The third-order valence-electron chi connectivity index (χ3n) is 2.62. The fraction of sp³-hybridized carbons (Fsp3) is 0.0714. The molecule has 0 atom stereocenters. The molecule has 0 aromatic heterocycles. The van der Waals surface area contributed by atoms with Gasteiger partial charge in [0.1, 0.15) is 5.82 Å². The summed E-state index contributed by atoms with van der Waals surface area (Å²) in [6.07, 6.45) is 0. The van der Waals surface area contributed by atoms with E-state index >= 15 is 0 Å². The van der Waals surface area contributed by atoms with Gasteiger partial charge < -0.3 is 5.32 Å². The Morgan fingerprint density at radius 2 is 2.00 bits per heavy atom. The summed E-state index contributed by atoms with van der Waals surface area (Å²) >= 11 is 9.00. The Labute approximate surface area is 123 Å². The van der Waals surface area contributed by atoms with Crippen LogP contribution in [0.3, 0.4) is 0 Å². The number of carbonyl (C=O) groups is 1. The molecule has 1 amide bonds. The Kier molecular flexibility index (Phi) is 4.22.